The normalized spacial score (nSPS) is 32.0. The first-order chi connectivity index (χ1) is 13.2. The van der Waals surface area contributed by atoms with Crippen molar-refractivity contribution in [3.8, 4) is 5.75 Å². The number of fused-ring (bicyclic) bond motifs is 3. The Bertz CT molecular complexity index is 852. The van der Waals surface area contributed by atoms with Crippen molar-refractivity contribution in [3.05, 3.63) is 65.7 Å². The SMILES string of the molecule is COc1ccc([C@@]23CCCN2C(=O)O[C@]2(c4ccccc4)OCC[C@@H]23)cc1. The molecule has 5 rings (SSSR count). The summed E-state index contributed by atoms with van der Waals surface area (Å²) in [4.78, 5) is 15.0. The van der Waals surface area contributed by atoms with Crippen LogP contribution in [0.1, 0.15) is 30.4 Å². The number of nitrogens with zero attached hydrogens (tertiary/aromatic N) is 1. The third kappa shape index (κ3) is 2.18. The molecule has 0 N–H and O–H groups in total. The topological polar surface area (TPSA) is 48.0 Å². The molecule has 0 aromatic heterocycles. The lowest BCUT2D eigenvalue weighted by atomic mass is 9.69. The number of rotatable bonds is 3. The van der Waals surface area contributed by atoms with Crippen molar-refractivity contribution in [2.75, 3.05) is 20.3 Å². The first-order valence-corrected chi connectivity index (χ1v) is 9.55. The van der Waals surface area contributed by atoms with Gasteiger partial charge in [-0.15, -0.1) is 0 Å². The molecule has 3 fully saturated rings. The van der Waals surface area contributed by atoms with Gasteiger partial charge in [-0.2, -0.15) is 0 Å². The highest BCUT2D eigenvalue weighted by Crippen LogP contribution is 2.60. The molecule has 0 unspecified atom stereocenters. The average molecular weight is 365 g/mol. The second-order valence-electron chi connectivity index (χ2n) is 7.50. The van der Waals surface area contributed by atoms with E-state index in [4.69, 9.17) is 14.2 Å². The number of hydrogen-bond acceptors (Lipinski definition) is 4. The van der Waals surface area contributed by atoms with Gasteiger partial charge >= 0.3 is 6.09 Å². The largest absolute Gasteiger partial charge is 0.497 e. The van der Waals surface area contributed by atoms with Gasteiger partial charge < -0.3 is 14.2 Å². The van der Waals surface area contributed by atoms with Crippen molar-refractivity contribution in [2.24, 2.45) is 5.92 Å². The molecule has 3 heterocycles. The van der Waals surface area contributed by atoms with Crippen molar-refractivity contribution in [1.82, 2.24) is 4.90 Å². The van der Waals surface area contributed by atoms with E-state index in [1.54, 1.807) is 7.11 Å². The highest BCUT2D eigenvalue weighted by molar-refractivity contribution is 5.72. The lowest BCUT2D eigenvalue weighted by molar-refractivity contribution is -0.254. The van der Waals surface area contributed by atoms with Gasteiger partial charge in [0.25, 0.3) is 0 Å². The predicted octanol–water partition coefficient (Wildman–Crippen LogP) is 4.03. The van der Waals surface area contributed by atoms with Crippen LogP contribution in [0.2, 0.25) is 0 Å². The molecule has 5 heteroatoms. The summed E-state index contributed by atoms with van der Waals surface area (Å²) in [7, 11) is 1.67. The maximum Gasteiger partial charge on any atom is 0.413 e. The van der Waals surface area contributed by atoms with Crippen molar-refractivity contribution < 1.29 is 19.0 Å². The van der Waals surface area contributed by atoms with Crippen LogP contribution in [0.5, 0.6) is 5.75 Å². The molecule has 0 spiro atoms. The van der Waals surface area contributed by atoms with Crippen molar-refractivity contribution in [3.63, 3.8) is 0 Å². The molecular formula is C22H23NO4. The van der Waals surface area contributed by atoms with Gasteiger partial charge in [0.2, 0.25) is 5.79 Å². The zero-order valence-corrected chi connectivity index (χ0v) is 15.4. The number of carbonyl (C=O) groups is 1. The number of hydrogen-bond donors (Lipinski definition) is 0. The summed E-state index contributed by atoms with van der Waals surface area (Å²) >= 11 is 0. The minimum atomic E-state index is -1.01. The van der Waals surface area contributed by atoms with Gasteiger partial charge in [0.15, 0.2) is 0 Å². The molecule has 2 aromatic carbocycles. The van der Waals surface area contributed by atoms with Gasteiger partial charge in [-0.1, -0.05) is 42.5 Å². The summed E-state index contributed by atoms with van der Waals surface area (Å²) in [5.74, 6) is -0.157. The van der Waals surface area contributed by atoms with E-state index in [1.165, 1.54) is 0 Å². The zero-order chi connectivity index (χ0) is 18.5. The Morgan fingerprint density at radius 1 is 1.07 bits per heavy atom. The van der Waals surface area contributed by atoms with E-state index < -0.39 is 11.3 Å². The molecule has 3 atom stereocenters. The zero-order valence-electron chi connectivity index (χ0n) is 15.4. The van der Waals surface area contributed by atoms with Crippen LogP contribution in [-0.4, -0.2) is 31.3 Å². The Hall–Kier alpha value is -2.53. The monoisotopic (exact) mass is 365 g/mol. The lowest BCUT2D eigenvalue weighted by Gasteiger charge is -2.53. The third-order valence-electron chi connectivity index (χ3n) is 6.40. The Kier molecular flexibility index (Phi) is 3.69. The van der Waals surface area contributed by atoms with Gasteiger partial charge in [-0.3, -0.25) is 4.90 Å². The van der Waals surface area contributed by atoms with E-state index in [0.717, 1.165) is 36.1 Å². The van der Waals surface area contributed by atoms with Crippen LogP contribution in [0, 0.1) is 5.92 Å². The van der Waals surface area contributed by atoms with Crippen LogP contribution in [0.25, 0.3) is 0 Å². The lowest BCUT2D eigenvalue weighted by Crippen LogP contribution is -2.62. The number of amides is 1. The molecule has 0 aliphatic carbocycles. The van der Waals surface area contributed by atoms with E-state index >= 15 is 0 Å². The van der Waals surface area contributed by atoms with E-state index in [0.29, 0.717) is 13.2 Å². The Morgan fingerprint density at radius 3 is 2.59 bits per heavy atom. The summed E-state index contributed by atoms with van der Waals surface area (Å²) < 4.78 is 17.6. The molecule has 0 radical (unpaired) electrons. The second kappa shape index (κ2) is 5.99. The highest BCUT2D eigenvalue weighted by Gasteiger charge is 2.67. The van der Waals surface area contributed by atoms with Crippen LogP contribution < -0.4 is 4.74 Å². The van der Waals surface area contributed by atoms with Gasteiger partial charge in [-0.05, 0) is 37.0 Å². The Labute approximate surface area is 158 Å². The molecule has 1 amide bonds. The molecule has 3 aliphatic rings. The quantitative estimate of drug-likeness (QED) is 0.824. The fourth-order valence-electron chi connectivity index (χ4n) is 5.31. The number of ether oxygens (including phenoxy) is 3. The van der Waals surface area contributed by atoms with Crippen LogP contribution in [0.4, 0.5) is 4.79 Å². The van der Waals surface area contributed by atoms with Crippen LogP contribution in [0.15, 0.2) is 54.6 Å². The molecule has 5 nitrogen and oxygen atoms in total. The first kappa shape index (κ1) is 16.6. The number of methoxy groups -OCH3 is 1. The standard InChI is InChI=1S/C22H23NO4/c1-25-18-10-8-16(9-11-18)21-13-5-14-23(21)20(24)27-22(19(21)12-15-26-22)17-6-3-2-4-7-17/h2-4,6-11,19H,5,12-15H2,1H3/t19-,21-,22+/m1/s1. The van der Waals surface area contributed by atoms with Crippen LogP contribution in [0.3, 0.4) is 0 Å². The molecule has 2 aromatic rings. The number of carbonyl (C=O) groups excluding carboxylic acids is 1. The van der Waals surface area contributed by atoms with E-state index in [1.807, 2.05) is 47.4 Å². The third-order valence-corrected chi connectivity index (χ3v) is 6.40. The minimum Gasteiger partial charge on any atom is -0.497 e. The summed E-state index contributed by atoms with van der Waals surface area (Å²) in [5, 5.41) is 0. The summed E-state index contributed by atoms with van der Waals surface area (Å²) in [6.45, 7) is 1.30. The molecule has 3 saturated heterocycles. The Morgan fingerprint density at radius 2 is 1.85 bits per heavy atom. The van der Waals surface area contributed by atoms with Crippen molar-refractivity contribution >= 4 is 6.09 Å². The second-order valence-corrected chi connectivity index (χ2v) is 7.50. The molecule has 0 bridgehead atoms. The Balaban J connectivity index is 1.69. The number of benzene rings is 2. The van der Waals surface area contributed by atoms with Crippen molar-refractivity contribution in [1.29, 1.82) is 0 Å². The van der Waals surface area contributed by atoms with E-state index in [9.17, 15) is 4.79 Å². The smallest absolute Gasteiger partial charge is 0.413 e. The fraction of sp³-hybridized carbons (Fsp3) is 0.409. The summed E-state index contributed by atoms with van der Waals surface area (Å²) in [5.41, 5.74) is 1.64. The van der Waals surface area contributed by atoms with Gasteiger partial charge in [0.05, 0.1) is 25.2 Å². The molecule has 3 aliphatic heterocycles. The van der Waals surface area contributed by atoms with Gasteiger partial charge in [0.1, 0.15) is 5.75 Å². The molecule has 140 valence electrons. The van der Waals surface area contributed by atoms with Gasteiger partial charge in [-0.25, -0.2) is 4.79 Å². The molecule has 0 saturated carbocycles. The first-order valence-electron chi connectivity index (χ1n) is 9.55. The van der Waals surface area contributed by atoms with E-state index in [-0.39, 0.29) is 12.0 Å². The fourth-order valence-corrected chi connectivity index (χ4v) is 5.31. The minimum absolute atomic E-state index is 0.0426. The van der Waals surface area contributed by atoms with E-state index in [2.05, 4.69) is 12.1 Å². The van der Waals surface area contributed by atoms with Crippen LogP contribution in [-0.2, 0) is 20.8 Å². The van der Waals surface area contributed by atoms with Gasteiger partial charge in [0, 0.05) is 12.1 Å². The average Bonchev–Trinajstić information content (AvgIpc) is 3.35. The van der Waals surface area contributed by atoms with Crippen LogP contribution >= 0.6 is 0 Å². The summed E-state index contributed by atoms with van der Waals surface area (Å²) in [6.07, 6.45) is 2.44. The van der Waals surface area contributed by atoms with Crippen molar-refractivity contribution in [2.45, 2.75) is 30.6 Å². The molecular weight excluding hydrogens is 342 g/mol. The highest BCUT2D eigenvalue weighted by atomic mass is 16.7. The molecule has 27 heavy (non-hydrogen) atoms. The maximum absolute atomic E-state index is 13.1. The predicted molar refractivity (Wildman–Crippen MR) is 99.3 cm³/mol. The maximum atomic E-state index is 13.1. The summed E-state index contributed by atoms with van der Waals surface area (Å²) in [6, 6.07) is 18.0.